The second-order valence-corrected chi connectivity index (χ2v) is 8.08. The number of aromatic nitrogens is 1. The van der Waals surface area contributed by atoms with Crippen molar-refractivity contribution in [1.82, 2.24) is 10.3 Å². The molecule has 1 aromatic carbocycles. The fourth-order valence-corrected chi connectivity index (χ4v) is 3.40. The highest BCUT2D eigenvalue weighted by molar-refractivity contribution is 7.09. The second kappa shape index (κ2) is 11.3. The van der Waals surface area contributed by atoms with Crippen molar-refractivity contribution >= 4 is 17.3 Å². The number of hydrogen-bond acceptors (Lipinski definition) is 5. The summed E-state index contributed by atoms with van der Waals surface area (Å²) in [6.07, 6.45) is 7.91. The number of ether oxygens (including phenoxy) is 1. The molecule has 0 aliphatic carbocycles. The lowest BCUT2D eigenvalue weighted by molar-refractivity contribution is 0.0690. The minimum atomic E-state index is -1.04. The molecule has 0 unspecified atom stereocenters. The average molecular weight is 429 g/mol. The Morgan fingerprint density at radius 3 is 2.90 bits per heavy atom. The van der Waals surface area contributed by atoms with Crippen molar-refractivity contribution in [3.05, 3.63) is 45.7 Å². The van der Waals surface area contributed by atoms with Crippen LogP contribution in [0.3, 0.4) is 0 Å². The van der Waals surface area contributed by atoms with Gasteiger partial charge in [0, 0.05) is 16.9 Å². The number of carbonyl (C=O) groups is 1. The monoisotopic (exact) mass is 428 g/mol. The van der Waals surface area contributed by atoms with E-state index in [9.17, 15) is 9.18 Å². The van der Waals surface area contributed by atoms with Gasteiger partial charge in [0.05, 0.1) is 17.7 Å². The Morgan fingerprint density at radius 1 is 1.40 bits per heavy atom. The maximum absolute atomic E-state index is 14.3. The van der Waals surface area contributed by atoms with Crippen LogP contribution in [-0.2, 0) is 6.42 Å². The van der Waals surface area contributed by atoms with Crippen LogP contribution in [0.15, 0.2) is 23.7 Å². The van der Waals surface area contributed by atoms with Crippen LogP contribution in [0.4, 0.5) is 4.39 Å². The molecule has 0 radical (unpaired) electrons. The number of aromatic carboxylic acids is 1. The van der Waals surface area contributed by atoms with E-state index in [0.29, 0.717) is 29.7 Å². The van der Waals surface area contributed by atoms with Gasteiger partial charge in [-0.1, -0.05) is 11.8 Å². The van der Waals surface area contributed by atoms with Gasteiger partial charge >= 0.3 is 5.97 Å². The van der Waals surface area contributed by atoms with Crippen molar-refractivity contribution in [2.75, 3.05) is 13.2 Å². The number of thiazole rings is 1. The minimum absolute atomic E-state index is 0.0718. The van der Waals surface area contributed by atoms with E-state index in [4.69, 9.17) is 16.3 Å². The Bertz CT molecular complexity index is 967. The van der Waals surface area contributed by atoms with Crippen molar-refractivity contribution in [3.8, 4) is 29.9 Å². The third-order valence-corrected chi connectivity index (χ3v) is 5.06. The van der Waals surface area contributed by atoms with E-state index < -0.39 is 17.3 Å². The number of benzene rings is 1. The molecule has 0 aliphatic heterocycles. The Morgan fingerprint density at radius 2 is 2.20 bits per heavy atom. The third-order valence-electron chi connectivity index (χ3n) is 4.17. The molecule has 30 heavy (non-hydrogen) atoms. The number of nitrogens with zero attached hydrogens (tertiary/aromatic N) is 1. The number of rotatable bonds is 10. The van der Waals surface area contributed by atoms with Crippen molar-refractivity contribution in [3.63, 3.8) is 0 Å². The van der Waals surface area contributed by atoms with E-state index in [1.165, 1.54) is 22.9 Å². The van der Waals surface area contributed by atoms with Crippen LogP contribution in [0.25, 0.3) is 0 Å². The molecule has 0 saturated heterocycles. The fraction of sp³-hybridized carbons (Fsp3) is 0.391. The van der Waals surface area contributed by atoms with Crippen LogP contribution in [0.2, 0.25) is 0 Å². The van der Waals surface area contributed by atoms with Crippen LogP contribution in [0.5, 0.6) is 5.75 Å². The first-order chi connectivity index (χ1) is 14.3. The second-order valence-electron chi connectivity index (χ2n) is 7.14. The lowest BCUT2D eigenvalue weighted by atomic mass is 10.1. The zero-order valence-electron chi connectivity index (χ0n) is 17.1. The highest BCUT2D eigenvalue weighted by atomic mass is 32.1. The van der Waals surface area contributed by atoms with E-state index in [1.54, 1.807) is 12.1 Å². The number of carboxylic acid groups (broad SMARTS) is 1. The summed E-state index contributed by atoms with van der Waals surface area (Å²) in [5, 5.41) is 12.4. The first-order valence-electron chi connectivity index (χ1n) is 9.62. The van der Waals surface area contributed by atoms with Crippen molar-refractivity contribution in [2.45, 2.75) is 45.1 Å². The van der Waals surface area contributed by atoms with Crippen LogP contribution >= 0.6 is 11.3 Å². The van der Waals surface area contributed by atoms with Gasteiger partial charge in [0.25, 0.3) is 0 Å². The van der Waals surface area contributed by atoms with Crippen LogP contribution in [0.1, 0.15) is 54.0 Å². The number of aryl methyl sites for hydroxylation is 1. The summed E-state index contributed by atoms with van der Waals surface area (Å²) in [7, 11) is 0. The number of terminal acetylenes is 1. The molecule has 0 bridgehead atoms. The minimum Gasteiger partial charge on any atom is -0.491 e. The Hall–Kier alpha value is -2.87. The molecule has 0 aliphatic rings. The standard InChI is InChI=1S/C23H25FN2O3S/c1-4-5-6-13-26-23(2,3)12-11-17-9-10-19(18(24)15-17)29-14-7-8-20-21(22(27)28)25-16-30-20/h1,9-10,15-16,26H,5-8,13-14H2,2-3H3,(H,27,28). The first kappa shape index (κ1) is 23.4. The van der Waals surface area contributed by atoms with Gasteiger partial charge in [-0.15, -0.1) is 23.7 Å². The smallest absolute Gasteiger partial charge is 0.355 e. The quantitative estimate of drug-likeness (QED) is 0.440. The van der Waals surface area contributed by atoms with Gasteiger partial charge in [-0.2, -0.15) is 0 Å². The molecule has 1 aromatic heterocycles. The molecule has 2 rings (SSSR count). The van der Waals surface area contributed by atoms with E-state index >= 15 is 0 Å². The molecular weight excluding hydrogens is 403 g/mol. The Balaban J connectivity index is 1.86. The zero-order valence-corrected chi connectivity index (χ0v) is 17.9. The molecule has 158 valence electrons. The molecular formula is C23H25FN2O3S. The molecule has 0 atom stereocenters. The highest BCUT2D eigenvalue weighted by Gasteiger charge is 2.14. The molecule has 2 N–H and O–H groups in total. The van der Waals surface area contributed by atoms with Gasteiger partial charge in [-0.05, 0) is 57.9 Å². The molecule has 1 heterocycles. The Labute approximate surface area is 180 Å². The fourth-order valence-electron chi connectivity index (χ4n) is 2.60. The van der Waals surface area contributed by atoms with E-state index in [0.717, 1.165) is 13.0 Å². The summed E-state index contributed by atoms with van der Waals surface area (Å²) in [4.78, 5) is 15.6. The van der Waals surface area contributed by atoms with Crippen LogP contribution in [-0.4, -0.2) is 34.8 Å². The summed E-state index contributed by atoms with van der Waals surface area (Å²) in [5.74, 6) is 7.32. The zero-order chi connectivity index (χ0) is 22.0. The molecule has 0 spiro atoms. The highest BCUT2D eigenvalue weighted by Crippen LogP contribution is 2.20. The van der Waals surface area contributed by atoms with Gasteiger partial charge in [0.15, 0.2) is 17.3 Å². The lowest BCUT2D eigenvalue weighted by Gasteiger charge is -2.19. The SMILES string of the molecule is C#CCCCNC(C)(C)C#Cc1ccc(OCCCc2scnc2C(=O)O)c(F)c1. The summed E-state index contributed by atoms with van der Waals surface area (Å²) < 4.78 is 19.8. The van der Waals surface area contributed by atoms with Gasteiger partial charge in [0.1, 0.15) is 0 Å². The molecule has 7 heteroatoms. The van der Waals surface area contributed by atoms with Crippen molar-refractivity contribution in [1.29, 1.82) is 0 Å². The summed E-state index contributed by atoms with van der Waals surface area (Å²) in [5.41, 5.74) is 1.73. The van der Waals surface area contributed by atoms with E-state index in [-0.39, 0.29) is 18.1 Å². The average Bonchev–Trinajstić information content (AvgIpc) is 3.17. The van der Waals surface area contributed by atoms with Gasteiger partial charge in [0.2, 0.25) is 0 Å². The largest absolute Gasteiger partial charge is 0.491 e. The predicted molar refractivity (Wildman–Crippen MR) is 116 cm³/mol. The number of halogens is 1. The van der Waals surface area contributed by atoms with Gasteiger partial charge in [-0.3, -0.25) is 0 Å². The summed E-state index contributed by atoms with van der Waals surface area (Å²) >= 11 is 1.29. The van der Waals surface area contributed by atoms with Crippen molar-refractivity contribution in [2.24, 2.45) is 0 Å². The lowest BCUT2D eigenvalue weighted by Crippen LogP contribution is -2.38. The maximum atomic E-state index is 14.3. The van der Waals surface area contributed by atoms with Gasteiger partial charge in [-0.25, -0.2) is 14.2 Å². The van der Waals surface area contributed by atoms with Gasteiger partial charge < -0.3 is 15.2 Å². The predicted octanol–water partition coefficient (Wildman–Crippen LogP) is 4.13. The summed E-state index contributed by atoms with van der Waals surface area (Å²) in [6.45, 7) is 4.96. The van der Waals surface area contributed by atoms with Crippen LogP contribution in [0, 0.1) is 30.0 Å². The maximum Gasteiger partial charge on any atom is 0.355 e. The number of carboxylic acids is 1. The Kier molecular flexibility index (Phi) is 8.86. The normalized spacial score (nSPS) is 10.7. The topological polar surface area (TPSA) is 71.5 Å². The molecule has 0 amide bonds. The van der Waals surface area contributed by atoms with E-state index in [2.05, 4.69) is 28.1 Å². The van der Waals surface area contributed by atoms with E-state index in [1.807, 2.05) is 13.8 Å². The number of unbranched alkanes of at least 4 members (excludes halogenated alkanes) is 1. The molecule has 0 fully saturated rings. The number of hydrogen-bond donors (Lipinski definition) is 2. The molecule has 0 saturated carbocycles. The first-order valence-corrected chi connectivity index (χ1v) is 10.5. The molecule has 2 aromatic rings. The van der Waals surface area contributed by atoms with Crippen molar-refractivity contribution < 1.29 is 19.0 Å². The van der Waals surface area contributed by atoms with Crippen LogP contribution < -0.4 is 10.1 Å². The number of nitrogens with one attached hydrogen (secondary N) is 1. The summed E-state index contributed by atoms with van der Waals surface area (Å²) in [6, 6.07) is 4.62. The molecule has 5 nitrogen and oxygen atoms in total. The third kappa shape index (κ3) is 7.51.